The zero-order chi connectivity index (χ0) is 6.69. The van der Waals surface area contributed by atoms with E-state index in [1.165, 1.54) is 0 Å². The van der Waals surface area contributed by atoms with Gasteiger partial charge in [0.15, 0.2) is 5.95 Å². The van der Waals surface area contributed by atoms with E-state index in [4.69, 9.17) is 5.73 Å². The van der Waals surface area contributed by atoms with E-state index in [1.807, 2.05) is 10.8 Å². The largest absolute Gasteiger partial charge is 0.369 e. The molecule has 0 bridgehead atoms. The van der Waals surface area contributed by atoms with E-state index in [9.17, 15) is 0 Å². The average molecular weight is 123 g/mol. The van der Waals surface area contributed by atoms with Gasteiger partial charge in [-0.2, -0.15) is 0 Å². The van der Waals surface area contributed by atoms with E-state index in [-0.39, 0.29) is 0 Å². The molecule has 0 amide bonds. The number of imidazole rings is 1. The van der Waals surface area contributed by atoms with Crippen molar-refractivity contribution in [2.24, 2.45) is 0 Å². The van der Waals surface area contributed by atoms with Crippen molar-refractivity contribution in [2.45, 2.75) is 6.54 Å². The Morgan fingerprint density at radius 2 is 2.67 bits per heavy atom. The van der Waals surface area contributed by atoms with E-state index in [0.717, 1.165) is 6.54 Å². The smallest absolute Gasteiger partial charge is 0.200 e. The number of hydrogen-bond acceptors (Lipinski definition) is 2. The SMILES string of the molecule is C=CCn1ccnc1N. The summed E-state index contributed by atoms with van der Waals surface area (Å²) in [5, 5.41) is 0. The molecule has 0 saturated carbocycles. The van der Waals surface area contributed by atoms with E-state index < -0.39 is 0 Å². The van der Waals surface area contributed by atoms with Gasteiger partial charge in [0.1, 0.15) is 0 Å². The van der Waals surface area contributed by atoms with Gasteiger partial charge in [-0.05, 0) is 0 Å². The fourth-order valence-corrected chi connectivity index (χ4v) is 0.634. The summed E-state index contributed by atoms with van der Waals surface area (Å²) in [5.74, 6) is 0.537. The molecule has 2 N–H and O–H groups in total. The molecular formula is C6H9N3. The third-order valence-electron chi connectivity index (χ3n) is 1.07. The highest BCUT2D eigenvalue weighted by Gasteiger charge is 1.90. The van der Waals surface area contributed by atoms with Crippen LogP contribution in [0.2, 0.25) is 0 Å². The molecule has 0 saturated heterocycles. The molecule has 3 heteroatoms. The number of nitrogens with two attached hydrogens (primary N) is 1. The summed E-state index contributed by atoms with van der Waals surface area (Å²) < 4.78 is 1.81. The second kappa shape index (κ2) is 2.35. The number of allylic oxidation sites excluding steroid dienone is 1. The average Bonchev–Trinajstić information content (AvgIpc) is 2.18. The van der Waals surface area contributed by atoms with Crippen LogP contribution in [0.3, 0.4) is 0 Å². The Kier molecular flexibility index (Phi) is 1.53. The first-order valence-corrected chi connectivity index (χ1v) is 2.72. The molecule has 9 heavy (non-hydrogen) atoms. The van der Waals surface area contributed by atoms with Crippen LogP contribution in [0, 0.1) is 0 Å². The summed E-state index contributed by atoms with van der Waals surface area (Å²) in [6.45, 7) is 4.30. The summed E-state index contributed by atoms with van der Waals surface area (Å²) in [5.41, 5.74) is 5.43. The lowest BCUT2D eigenvalue weighted by Gasteiger charge is -1.96. The third kappa shape index (κ3) is 1.10. The molecule has 0 aromatic carbocycles. The summed E-state index contributed by atoms with van der Waals surface area (Å²) in [6, 6.07) is 0. The molecule has 0 unspecified atom stereocenters. The second-order valence-corrected chi connectivity index (χ2v) is 1.73. The van der Waals surface area contributed by atoms with Crippen LogP contribution in [-0.4, -0.2) is 9.55 Å². The molecule has 0 spiro atoms. The van der Waals surface area contributed by atoms with Crippen LogP contribution in [0.5, 0.6) is 0 Å². The molecule has 1 heterocycles. The zero-order valence-electron chi connectivity index (χ0n) is 5.12. The molecule has 0 aliphatic heterocycles. The Morgan fingerprint density at radius 1 is 1.89 bits per heavy atom. The monoisotopic (exact) mass is 123 g/mol. The highest BCUT2D eigenvalue weighted by atomic mass is 15.1. The quantitative estimate of drug-likeness (QED) is 0.587. The van der Waals surface area contributed by atoms with E-state index >= 15 is 0 Å². The van der Waals surface area contributed by atoms with Crippen LogP contribution in [0.1, 0.15) is 0 Å². The van der Waals surface area contributed by atoms with Crippen molar-refractivity contribution in [3.63, 3.8) is 0 Å². The summed E-state index contributed by atoms with van der Waals surface area (Å²) >= 11 is 0. The zero-order valence-corrected chi connectivity index (χ0v) is 5.12. The van der Waals surface area contributed by atoms with Crippen molar-refractivity contribution in [3.05, 3.63) is 25.0 Å². The van der Waals surface area contributed by atoms with Gasteiger partial charge >= 0.3 is 0 Å². The molecule has 0 atom stereocenters. The van der Waals surface area contributed by atoms with Crippen LogP contribution in [-0.2, 0) is 6.54 Å². The number of hydrogen-bond donors (Lipinski definition) is 1. The Balaban J connectivity index is 2.80. The van der Waals surface area contributed by atoms with Crippen molar-refractivity contribution in [2.75, 3.05) is 5.73 Å². The number of nitrogens with zero attached hydrogens (tertiary/aromatic N) is 2. The fourth-order valence-electron chi connectivity index (χ4n) is 0.634. The Bertz CT molecular complexity index is 202. The molecule has 48 valence electrons. The molecule has 3 nitrogen and oxygen atoms in total. The molecule has 0 aliphatic carbocycles. The van der Waals surface area contributed by atoms with E-state index in [1.54, 1.807) is 12.3 Å². The molecule has 0 aliphatic rings. The summed E-state index contributed by atoms with van der Waals surface area (Å²) in [7, 11) is 0. The molecule has 0 radical (unpaired) electrons. The molecular weight excluding hydrogens is 114 g/mol. The van der Waals surface area contributed by atoms with Gasteiger partial charge in [-0.1, -0.05) is 6.08 Å². The maximum absolute atomic E-state index is 5.43. The van der Waals surface area contributed by atoms with Gasteiger partial charge in [0.05, 0.1) is 0 Å². The number of nitrogen functional groups attached to an aromatic ring is 1. The van der Waals surface area contributed by atoms with Crippen molar-refractivity contribution in [1.82, 2.24) is 9.55 Å². The minimum atomic E-state index is 0.537. The molecule has 1 rings (SSSR count). The van der Waals surface area contributed by atoms with Gasteiger partial charge in [0, 0.05) is 18.9 Å². The predicted octanol–water partition coefficient (Wildman–Crippen LogP) is 0.651. The summed E-state index contributed by atoms with van der Waals surface area (Å²) in [6.07, 6.45) is 5.26. The van der Waals surface area contributed by atoms with Gasteiger partial charge in [0.25, 0.3) is 0 Å². The minimum absolute atomic E-state index is 0.537. The second-order valence-electron chi connectivity index (χ2n) is 1.73. The van der Waals surface area contributed by atoms with Gasteiger partial charge in [-0.25, -0.2) is 4.98 Å². The lowest BCUT2D eigenvalue weighted by Crippen LogP contribution is -1.99. The normalized spacial score (nSPS) is 9.33. The topological polar surface area (TPSA) is 43.8 Å². The Hall–Kier alpha value is -1.25. The number of aromatic nitrogens is 2. The molecule has 0 fully saturated rings. The Morgan fingerprint density at radius 3 is 3.11 bits per heavy atom. The lowest BCUT2D eigenvalue weighted by atomic mass is 10.6. The fraction of sp³-hybridized carbons (Fsp3) is 0.167. The van der Waals surface area contributed by atoms with Crippen molar-refractivity contribution < 1.29 is 0 Å². The van der Waals surface area contributed by atoms with Crippen molar-refractivity contribution in [3.8, 4) is 0 Å². The van der Waals surface area contributed by atoms with Gasteiger partial charge < -0.3 is 10.3 Å². The minimum Gasteiger partial charge on any atom is -0.369 e. The van der Waals surface area contributed by atoms with Gasteiger partial charge in [-0.3, -0.25) is 0 Å². The maximum Gasteiger partial charge on any atom is 0.200 e. The van der Waals surface area contributed by atoms with Gasteiger partial charge in [-0.15, -0.1) is 6.58 Å². The predicted molar refractivity (Wildman–Crippen MR) is 36.8 cm³/mol. The van der Waals surface area contributed by atoms with Crippen molar-refractivity contribution >= 4 is 5.95 Å². The first-order chi connectivity index (χ1) is 4.34. The third-order valence-corrected chi connectivity index (χ3v) is 1.07. The lowest BCUT2D eigenvalue weighted by molar-refractivity contribution is 0.836. The van der Waals surface area contributed by atoms with Crippen LogP contribution in [0.15, 0.2) is 25.0 Å². The molecule has 1 aromatic heterocycles. The van der Waals surface area contributed by atoms with Gasteiger partial charge in [0.2, 0.25) is 0 Å². The Labute approximate surface area is 53.8 Å². The highest BCUT2D eigenvalue weighted by Crippen LogP contribution is 1.96. The first-order valence-electron chi connectivity index (χ1n) is 2.72. The molecule has 1 aromatic rings. The van der Waals surface area contributed by atoms with E-state index in [0.29, 0.717) is 5.95 Å². The standard InChI is InChI=1S/C6H9N3/c1-2-4-9-5-3-8-6(9)7/h2-3,5H,1,4H2,(H2,7,8). The van der Waals surface area contributed by atoms with Crippen molar-refractivity contribution in [1.29, 1.82) is 0 Å². The highest BCUT2D eigenvalue weighted by molar-refractivity contribution is 5.16. The number of anilines is 1. The van der Waals surface area contributed by atoms with Crippen LogP contribution in [0.25, 0.3) is 0 Å². The van der Waals surface area contributed by atoms with Crippen LogP contribution < -0.4 is 5.73 Å². The summed E-state index contributed by atoms with van der Waals surface area (Å²) in [4.78, 5) is 3.83. The van der Waals surface area contributed by atoms with Crippen LogP contribution in [0.4, 0.5) is 5.95 Å². The van der Waals surface area contributed by atoms with E-state index in [2.05, 4.69) is 11.6 Å². The first kappa shape index (κ1) is 5.88. The maximum atomic E-state index is 5.43. The van der Waals surface area contributed by atoms with Crippen LogP contribution >= 0.6 is 0 Å². The number of rotatable bonds is 2.